The van der Waals surface area contributed by atoms with Crippen molar-refractivity contribution >= 4 is 164 Å². The quantitative estimate of drug-likeness (QED) is 0.0272. The molecule has 21 nitrogen and oxygen atoms in total. The summed E-state index contributed by atoms with van der Waals surface area (Å²) in [6.45, 7) is 55.0. The molecule has 3 fully saturated rings. The fraction of sp³-hybridized carbons (Fsp3) is 0.516. The van der Waals surface area contributed by atoms with Gasteiger partial charge < -0.3 is 83.6 Å². The predicted octanol–water partition coefficient (Wildman–Crippen LogP) is -1.99. The van der Waals surface area contributed by atoms with Crippen molar-refractivity contribution in [2.45, 2.75) is 194 Å². The van der Waals surface area contributed by atoms with Crippen LogP contribution in [0.1, 0.15) is 73.6 Å². The Morgan fingerprint density at radius 1 is 0.534 bits per heavy atom. The van der Waals surface area contributed by atoms with E-state index < -0.39 is 122 Å². The molecule has 7 unspecified atom stereocenters. The number of unbranched alkanes of at least 4 members (excludes halogenated alkanes) is 2. The van der Waals surface area contributed by atoms with Gasteiger partial charge in [0, 0.05) is 25.7 Å². The van der Waals surface area contributed by atoms with Crippen molar-refractivity contribution in [2.75, 3.05) is 13.1 Å². The standard InChI is InChI=1S/C20H36N4O4Si4.C12H12O2Si.C12H10O2Si.C6H18O3Si3.C4H16O4Si4.C3H6.C2H7O2P2S.C2H6.CH4.4Li/c1-23-15-11-19-31(5)26-29(3,17-9-7-13-21)25-30(4,18-10-8-14-22)27-32(6,28-31)20-12-16-24-2;2*13-15(14,11-7-3-1-4-8-11)12-9-5-2-6-10-12;1-10(2)7-11(3,4)9-12(5,6)8-10;1-9-5-10(2)7-12(4)8-11(3)6-9;1-3-2;1-2(7-4)6(3)5;1-2;;;;;/h7-12,15-20H2,3-6H3;1-10,13-14H;1-10H;1-6H3;9-12H,1-4H3;3H,1H2,2H3;2,4H,5H2,1H3;1-2H3;1H4;;;;/q;;-2;;;;-1;;;4*+1/p-1. The SMILES string of the molecule is C.C=CC.CC.CC(S[O-])P([O-])P.C[SiH]1O[SiH](C)O[SiH](C)O[SiH](C)O1.C[Si]1(C)O[Si](C)(C)O[Si](C)(C)O1.O[Si](O)(c1ccccc1)c1ccccc1.[C-]#[N+]CCC[Si]1(C)O[Si](C)(CCCC#N)O[Si](C)(CCCC#N)O[Si](C)(CCC[N+]#[C-])O1.[Li+].[Li+].[Li+].[Li+].[O-][Si]([O-])(c1ccccc1)c1ccccc1. The van der Waals surface area contributed by atoms with Gasteiger partial charge in [0.15, 0.2) is 0 Å². The zero-order valence-electron chi connectivity index (χ0n) is 64.9. The van der Waals surface area contributed by atoms with Crippen LogP contribution in [-0.4, -0.2) is 146 Å². The molecule has 4 aromatic carbocycles. The van der Waals surface area contributed by atoms with E-state index in [0.717, 1.165) is 0 Å². The first-order chi connectivity index (χ1) is 45.8. The van der Waals surface area contributed by atoms with Crippen molar-refractivity contribution in [3.63, 3.8) is 0 Å². The second-order valence-corrected chi connectivity index (χ2v) is 67.7. The van der Waals surface area contributed by atoms with Crippen LogP contribution in [0, 0.1) is 35.8 Å². The van der Waals surface area contributed by atoms with Crippen LogP contribution in [0.3, 0.4) is 0 Å². The van der Waals surface area contributed by atoms with Gasteiger partial charge in [0.1, 0.15) is 0 Å². The third-order valence-corrected chi connectivity index (χ3v) is 64.8. The molecule has 0 aromatic heterocycles. The molecular formula is C62H114Li4N4O17P2SSi13. The van der Waals surface area contributed by atoms with Gasteiger partial charge in [0.2, 0.25) is 13.1 Å². The Kier molecular flexibility index (Phi) is 65.5. The third-order valence-electron chi connectivity index (χ3n) is 13.5. The first kappa shape index (κ1) is 114. The fourth-order valence-corrected chi connectivity index (χ4v) is 65.5. The minimum Gasteiger partial charge on any atom is -0.863 e. The Hall–Kier alpha value is 0.319. The van der Waals surface area contributed by atoms with Crippen LogP contribution in [0.15, 0.2) is 134 Å². The summed E-state index contributed by atoms with van der Waals surface area (Å²) in [6.07, 6.45) is 5.46. The van der Waals surface area contributed by atoms with E-state index >= 15 is 0 Å². The maximum absolute atomic E-state index is 12.1. The molecule has 4 aromatic rings. The average Bonchev–Trinajstić information content (AvgIpc) is 0.776. The van der Waals surface area contributed by atoms with E-state index in [1.807, 2.05) is 83.4 Å². The Labute approximate surface area is 693 Å². The predicted molar refractivity (Wildman–Crippen MR) is 433 cm³/mol. The van der Waals surface area contributed by atoms with Gasteiger partial charge in [-0.05, 0) is 151 Å². The van der Waals surface area contributed by atoms with Crippen LogP contribution < -0.4 is 111 Å². The van der Waals surface area contributed by atoms with E-state index in [9.17, 15) is 28.6 Å². The van der Waals surface area contributed by atoms with Crippen molar-refractivity contribution in [1.29, 1.82) is 10.5 Å². The van der Waals surface area contributed by atoms with Gasteiger partial charge in [-0.1, -0.05) is 175 Å². The number of hydrogen-bond acceptors (Lipinski definition) is 20. The molecule has 556 valence electrons. The van der Waals surface area contributed by atoms with E-state index in [-0.39, 0.29) is 87.9 Å². The number of nitrogens with zero attached hydrogens (tertiary/aromatic N) is 4. The maximum atomic E-state index is 12.1. The summed E-state index contributed by atoms with van der Waals surface area (Å²) in [5.41, 5.74) is 0. The topological polar surface area (TPSA) is 291 Å². The molecule has 3 aliphatic heterocycles. The molecule has 3 aliphatic rings. The smallest absolute Gasteiger partial charge is 0.863 e. The number of rotatable bonds is 18. The molecule has 0 radical (unpaired) electrons. The van der Waals surface area contributed by atoms with Crippen molar-refractivity contribution < 1.29 is 149 Å². The molecule has 0 saturated carbocycles. The molecule has 2 N–H and O–H groups in total. The Balaban J connectivity index is -0.000000284. The summed E-state index contributed by atoms with van der Waals surface area (Å²) < 4.78 is 77.4. The first-order valence-corrected chi connectivity index (χ1v) is 67.3. The summed E-state index contributed by atoms with van der Waals surface area (Å²) >= 11 is 0.378. The summed E-state index contributed by atoms with van der Waals surface area (Å²) in [5, 5.41) is 20.0. The number of allylic oxidation sites excluding steroid dienone is 1. The zero-order valence-corrected chi connectivity index (χ0v) is 81.4. The van der Waals surface area contributed by atoms with E-state index in [1.54, 1.807) is 97.9 Å². The van der Waals surface area contributed by atoms with Crippen molar-refractivity contribution in [3.05, 3.63) is 157 Å². The van der Waals surface area contributed by atoms with Gasteiger partial charge in [-0.3, -0.25) is 12.0 Å². The summed E-state index contributed by atoms with van der Waals surface area (Å²) in [6, 6.07) is 42.2. The second kappa shape index (κ2) is 59.1. The van der Waals surface area contributed by atoms with Crippen molar-refractivity contribution in [1.82, 2.24) is 0 Å². The molecule has 7 rings (SSSR count). The van der Waals surface area contributed by atoms with Crippen LogP contribution in [0.5, 0.6) is 0 Å². The monoisotopic (exact) mass is 1670 g/mol. The minimum atomic E-state index is -3.96. The number of hydrogen-bond donors (Lipinski definition) is 2. The average molecular weight is 1670 g/mol. The summed E-state index contributed by atoms with van der Waals surface area (Å²) in [7, 11) is -28.7. The van der Waals surface area contributed by atoms with Crippen molar-refractivity contribution in [2.24, 2.45) is 0 Å². The van der Waals surface area contributed by atoms with Gasteiger partial charge in [-0.25, -0.2) is 13.1 Å². The molecule has 0 amide bonds. The van der Waals surface area contributed by atoms with E-state index in [1.165, 1.54) is 0 Å². The van der Waals surface area contributed by atoms with Gasteiger partial charge in [0.25, 0.3) is 37.1 Å². The number of benzene rings is 4. The van der Waals surface area contributed by atoms with Crippen LogP contribution in [0.4, 0.5) is 0 Å². The molecule has 41 heteroatoms. The van der Waals surface area contributed by atoms with Gasteiger partial charge in [-0.2, -0.15) is 18.4 Å². The first-order valence-electron chi connectivity index (χ1n) is 32.9. The largest absolute Gasteiger partial charge is 1.00 e. The Morgan fingerprint density at radius 2 is 0.757 bits per heavy atom. The van der Waals surface area contributed by atoms with Crippen LogP contribution in [-0.2, 0) is 45.3 Å². The van der Waals surface area contributed by atoms with Crippen LogP contribution >= 0.6 is 28.8 Å². The molecule has 7 atom stereocenters. The van der Waals surface area contributed by atoms with E-state index in [0.29, 0.717) is 109 Å². The Morgan fingerprint density at radius 3 is 0.951 bits per heavy atom. The second-order valence-electron chi connectivity index (χ2n) is 24.5. The van der Waals surface area contributed by atoms with Crippen LogP contribution in [0.2, 0.25) is 116 Å². The molecular weight excluding hydrogens is 1560 g/mol. The molecule has 0 aliphatic carbocycles. The minimum absolute atomic E-state index is 0. The van der Waals surface area contributed by atoms with Crippen LogP contribution in [0.25, 0.3) is 9.69 Å². The summed E-state index contributed by atoms with van der Waals surface area (Å²) in [4.78, 5) is 61.5. The molecule has 103 heavy (non-hydrogen) atoms. The fourth-order valence-electron chi connectivity index (χ4n) is 10.3. The normalized spacial score (nSPS) is 23.8. The van der Waals surface area contributed by atoms with Gasteiger partial charge in [0.05, 0.1) is 12.1 Å². The summed E-state index contributed by atoms with van der Waals surface area (Å²) in [5.74, 6) is 0. The zero-order chi connectivity index (χ0) is 74.9. The van der Waals surface area contributed by atoms with E-state index in [2.05, 4.69) is 103 Å². The molecule has 0 bridgehead atoms. The third kappa shape index (κ3) is 49.4. The molecule has 3 heterocycles. The van der Waals surface area contributed by atoms with Crippen molar-refractivity contribution in [3.8, 4) is 12.1 Å². The molecule has 0 spiro atoms. The van der Waals surface area contributed by atoms with Gasteiger partial charge >= 0.3 is 144 Å². The number of nitriles is 2. The van der Waals surface area contributed by atoms with Gasteiger partial charge in [-0.15, -0.1) is 15.5 Å². The molecule has 3 saturated heterocycles. The maximum Gasteiger partial charge on any atom is 1.00 e. The Bertz CT molecular complexity index is 2630. The van der Waals surface area contributed by atoms with E-state index in [4.69, 9.17) is 68.9 Å².